The fourth-order valence-corrected chi connectivity index (χ4v) is 2.57. The van der Waals surface area contributed by atoms with Crippen LogP contribution in [0.5, 0.6) is 5.75 Å². The topological polar surface area (TPSA) is 71.8 Å². The Morgan fingerprint density at radius 3 is 2.83 bits per heavy atom. The van der Waals surface area contributed by atoms with Crippen LogP contribution in [0.4, 0.5) is 10.5 Å². The number of carbonyl (C=O) groups is 1. The van der Waals surface area contributed by atoms with E-state index >= 15 is 0 Å². The molecule has 0 spiro atoms. The summed E-state index contributed by atoms with van der Waals surface area (Å²) >= 11 is 0. The Morgan fingerprint density at radius 2 is 2.09 bits per heavy atom. The predicted molar refractivity (Wildman–Crippen MR) is 85.8 cm³/mol. The van der Waals surface area contributed by atoms with E-state index in [1.807, 2.05) is 30.3 Å². The number of hydrogen-bond donors (Lipinski definition) is 1. The van der Waals surface area contributed by atoms with E-state index in [9.17, 15) is 9.59 Å². The molecule has 1 aliphatic heterocycles. The van der Waals surface area contributed by atoms with Crippen molar-refractivity contribution in [3.63, 3.8) is 0 Å². The molecule has 1 N–H and O–H groups in total. The van der Waals surface area contributed by atoms with Gasteiger partial charge in [-0.1, -0.05) is 18.2 Å². The smallest absolute Gasteiger partial charge is 0.339 e. The number of rotatable bonds is 3. The van der Waals surface area contributed by atoms with Crippen LogP contribution in [0.25, 0.3) is 0 Å². The van der Waals surface area contributed by atoms with Gasteiger partial charge in [0.2, 0.25) is 0 Å². The highest BCUT2D eigenvalue weighted by molar-refractivity contribution is 5.89. The lowest BCUT2D eigenvalue weighted by atomic mass is 10.3. The summed E-state index contributed by atoms with van der Waals surface area (Å²) in [5.74, 6) is 0.984. The van der Waals surface area contributed by atoms with Crippen molar-refractivity contribution in [3.8, 4) is 5.75 Å². The molecule has 0 aliphatic carbocycles. The van der Waals surface area contributed by atoms with Crippen molar-refractivity contribution in [1.82, 2.24) is 4.90 Å². The molecule has 3 rings (SSSR count). The minimum Gasteiger partial charge on any atom is -0.488 e. The van der Waals surface area contributed by atoms with E-state index in [1.54, 1.807) is 17.9 Å². The molecule has 1 aromatic carbocycles. The van der Waals surface area contributed by atoms with Gasteiger partial charge in [-0.2, -0.15) is 0 Å². The molecular formula is C17H18N2O4. The molecule has 1 saturated heterocycles. The van der Waals surface area contributed by atoms with Gasteiger partial charge in [-0.15, -0.1) is 0 Å². The van der Waals surface area contributed by atoms with Gasteiger partial charge in [-0.25, -0.2) is 9.59 Å². The van der Waals surface area contributed by atoms with Crippen LogP contribution >= 0.6 is 0 Å². The summed E-state index contributed by atoms with van der Waals surface area (Å²) in [6.07, 6.45) is 0.597. The first kappa shape index (κ1) is 15.1. The van der Waals surface area contributed by atoms with E-state index < -0.39 is 5.63 Å². The van der Waals surface area contributed by atoms with Crippen LogP contribution in [0.3, 0.4) is 0 Å². The Kier molecular flexibility index (Phi) is 4.32. The maximum absolute atomic E-state index is 12.2. The second kappa shape index (κ2) is 6.56. The molecule has 1 unspecified atom stereocenters. The Labute approximate surface area is 133 Å². The molecule has 6 nitrogen and oxygen atoms in total. The average molecular weight is 314 g/mol. The molecule has 6 heteroatoms. The molecule has 2 amide bonds. The van der Waals surface area contributed by atoms with E-state index in [0.29, 0.717) is 24.6 Å². The van der Waals surface area contributed by atoms with Gasteiger partial charge in [0.05, 0.1) is 12.6 Å². The molecule has 0 radical (unpaired) electrons. The van der Waals surface area contributed by atoms with Gasteiger partial charge < -0.3 is 19.4 Å². The SMILES string of the molecule is Cc1cc(OC2CCN(C(=O)Nc3ccccc3)C2)cc(=O)o1. The Balaban J connectivity index is 1.57. The molecular weight excluding hydrogens is 296 g/mol. The fourth-order valence-electron chi connectivity index (χ4n) is 2.57. The van der Waals surface area contributed by atoms with Gasteiger partial charge >= 0.3 is 11.7 Å². The maximum atomic E-state index is 12.2. The third kappa shape index (κ3) is 3.91. The highest BCUT2D eigenvalue weighted by Crippen LogP contribution is 2.19. The minimum absolute atomic E-state index is 0.127. The molecule has 1 aliphatic rings. The second-order valence-corrected chi connectivity index (χ2v) is 5.49. The molecule has 0 saturated carbocycles. The van der Waals surface area contributed by atoms with E-state index in [-0.39, 0.29) is 12.1 Å². The molecule has 1 atom stereocenters. The number of nitrogens with zero attached hydrogens (tertiary/aromatic N) is 1. The predicted octanol–water partition coefficient (Wildman–Crippen LogP) is 2.63. The number of amides is 2. The summed E-state index contributed by atoms with van der Waals surface area (Å²) in [6, 6.07) is 12.2. The zero-order valence-corrected chi connectivity index (χ0v) is 12.8. The third-order valence-corrected chi connectivity index (χ3v) is 3.63. The average Bonchev–Trinajstić information content (AvgIpc) is 2.96. The summed E-state index contributed by atoms with van der Waals surface area (Å²) in [5.41, 5.74) is 0.329. The number of nitrogens with one attached hydrogen (secondary N) is 1. The maximum Gasteiger partial charge on any atom is 0.339 e. The quantitative estimate of drug-likeness (QED) is 0.945. The molecule has 120 valence electrons. The molecule has 1 aromatic heterocycles. The lowest BCUT2D eigenvalue weighted by Gasteiger charge is -2.18. The van der Waals surface area contributed by atoms with Crippen molar-refractivity contribution in [2.24, 2.45) is 0 Å². The van der Waals surface area contributed by atoms with Gasteiger partial charge in [0.1, 0.15) is 17.6 Å². The van der Waals surface area contributed by atoms with E-state index in [2.05, 4.69) is 5.32 Å². The summed E-state index contributed by atoms with van der Waals surface area (Å²) in [6.45, 7) is 2.80. The summed E-state index contributed by atoms with van der Waals surface area (Å²) in [4.78, 5) is 25.3. The van der Waals surface area contributed by atoms with Crippen LogP contribution in [0.2, 0.25) is 0 Å². The highest BCUT2D eigenvalue weighted by Gasteiger charge is 2.27. The van der Waals surface area contributed by atoms with Crippen molar-refractivity contribution in [2.75, 3.05) is 18.4 Å². The fraction of sp³-hybridized carbons (Fsp3) is 0.294. The van der Waals surface area contributed by atoms with E-state index in [0.717, 1.165) is 12.1 Å². The largest absolute Gasteiger partial charge is 0.488 e. The van der Waals surface area contributed by atoms with Crippen molar-refractivity contribution in [2.45, 2.75) is 19.4 Å². The first-order chi connectivity index (χ1) is 11.1. The Hall–Kier alpha value is -2.76. The molecule has 2 aromatic rings. The molecule has 0 bridgehead atoms. The second-order valence-electron chi connectivity index (χ2n) is 5.49. The van der Waals surface area contributed by atoms with Crippen LogP contribution in [0.1, 0.15) is 12.2 Å². The van der Waals surface area contributed by atoms with Crippen molar-refractivity contribution in [3.05, 3.63) is 58.6 Å². The van der Waals surface area contributed by atoms with Crippen LogP contribution in [-0.4, -0.2) is 30.1 Å². The number of para-hydroxylation sites is 1. The van der Waals surface area contributed by atoms with Gasteiger partial charge in [-0.3, -0.25) is 0 Å². The number of benzene rings is 1. The molecule has 2 heterocycles. The van der Waals surface area contributed by atoms with Gasteiger partial charge in [0.15, 0.2) is 0 Å². The van der Waals surface area contributed by atoms with Crippen molar-refractivity contribution < 1.29 is 13.9 Å². The molecule has 23 heavy (non-hydrogen) atoms. The number of likely N-dealkylation sites (tertiary alicyclic amines) is 1. The summed E-state index contributed by atoms with van der Waals surface area (Å²) in [7, 11) is 0. The summed E-state index contributed by atoms with van der Waals surface area (Å²) < 4.78 is 10.7. The van der Waals surface area contributed by atoms with Crippen LogP contribution in [0.15, 0.2) is 51.7 Å². The highest BCUT2D eigenvalue weighted by atomic mass is 16.5. The van der Waals surface area contributed by atoms with Crippen LogP contribution in [0, 0.1) is 6.92 Å². The Morgan fingerprint density at radius 1 is 1.30 bits per heavy atom. The van der Waals surface area contributed by atoms with Crippen LogP contribution < -0.4 is 15.7 Å². The van der Waals surface area contributed by atoms with E-state index in [1.165, 1.54) is 6.07 Å². The standard InChI is InChI=1S/C17H18N2O4/c1-12-9-15(10-16(20)22-12)23-14-7-8-19(11-14)17(21)18-13-5-3-2-4-6-13/h2-6,9-10,14H,7-8,11H2,1H3,(H,18,21). The zero-order chi connectivity index (χ0) is 16.2. The normalized spacial score (nSPS) is 17.1. The number of anilines is 1. The first-order valence-electron chi connectivity index (χ1n) is 7.49. The Bertz CT molecular complexity index is 742. The lowest BCUT2D eigenvalue weighted by Crippen LogP contribution is -2.34. The number of urea groups is 1. The van der Waals surface area contributed by atoms with Gasteiger partial charge in [-0.05, 0) is 19.1 Å². The van der Waals surface area contributed by atoms with Crippen LogP contribution in [-0.2, 0) is 0 Å². The first-order valence-corrected chi connectivity index (χ1v) is 7.49. The number of aryl methyl sites for hydroxylation is 1. The number of ether oxygens (including phenoxy) is 1. The monoisotopic (exact) mass is 314 g/mol. The van der Waals surface area contributed by atoms with Gasteiger partial charge in [0, 0.05) is 24.7 Å². The third-order valence-electron chi connectivity index (χ3n) is 3.63. The van der Waals surface area contributed by atoms with Crippen molar-refractivity contribution >= 4 is 11.7 Å². The van der Waals surface area contributed by atoms with Gasteiger partial charge in [0.25, 0.3) is 0 Å². The van der Waals surface area contributed by atoms with E-state index in [4.69, 9.17) is 9.15 Å². The molecule has 1 fully saturated rings. The number of carbonyl (C=O) groups excluding carboxylic acids is 1. The van der Waals surface area contributed by atoms with Crippen molar-refractivity contribution in [1.29, 1.82) is 0 Å². The minimum atomic E-state index is -0.434. The number of hydrogen-bond acceptors (Lipinski definition) is 4. The zero-order valence-electron chi connectivity index (χ0n) is 12.8. The summed E-state index contributed by atoms with van der Waals surface area (Å²) in [5, 5.41) is 2.85. The lowest BCUT2D eigenvalue weighted by molar-refractivity contribution is 0.193.